The first-order valence-corrected chi connectivity index (χ1v) is 7.95. The fourth-order valence-electron chi connectivity index (χ4n) is 2.32. The van der Waals surface area contributed by atoms with Crippen LogP contribution in [-0.2, 0) is 20.7 Å². The zero-order chi connectivity index (χ0) is 18.1. The van der Waals surface area contributed by atoms with Gasteiger partial charge in [-0.3, -0.25) is 14.4 Å². The lowest BCUT2D eigenvalue weighted by Gasteiger charge is -2.10. The lowest BCUT2D eigenvalue weighted by Crippen LogP contribution is -2.29. The van der Waals surface area contributed by atoms with E-state index in [1.807, 2.05) is 13.0 Å². The molecule has 2 N–H and O–H groups in total. The van der Waals surface area contributed by atoms with Crippen LogP contribution in [0.5, 0.6) is 0 Å². The number of nitrogens with zero attached hydrogens (tertiary/aromatic N) is 1. The van der Waals surface area contributed by atoms with Gasteiger partial charge in [0.1, 0.15) is 11.6 Å². The van der Waals surface area contributed by atoms with Crippen LogP contribution >= 0.6 is 0 Å². The second-order valence-electron chi connectivity index (χ2n) is 5.53. The minimum Gasteiger partial charge on any atom is -0.456 e. The van der Waals surface area contributed by atoms with Gasteiger partial charge < -0.3 is 15.0 Å². The quantitative estimate of drug-likeness (QED) is 0.549. The van der Waals surface area contributed by atoms with Gasteiger partial charge in [0, 0.05) is 18.7 Å². The van der Waals surface area contributed by atoms with Crippen LogP contribution in [0.25, 0.3) is 0 Å². The molecule has 0 aromatic carbocycles. The summed E-state index contributed by atoms with van der Waals surface area (Å²) < 4.78 is 4.93. The molecule has 7 heteroatoms. The van der Waals surface area contributed by atoms with Crippen LogP contribution in [-0.4, -0.2) is 30.0 Å². The third-order valence-electron chi connectivity index (χ3n) is 3.72. The van der Waals surface area contributed by atoms with Crippen molar-refractivity contribution >= 4 is 11.9 Å². The van der Waals surface area contributed by atoms with Crippen molar-refractivity contribution in [2.45, 2.75) is 46.5 Å². The Morgan fingerprint density at radius 3 is 2.67 bits per heavy atom. The van der Waals surface area contributed by atoms with Crippen molar-refractivity contribution in [3.05, 3.63) is 32.7 Å². The average molecular weight is 333 g/mol. The Morgan fingerprint density at radius 2 is 2.04 bits per heavy atom. The second-order valence-corrected chi connectivity index (χ2v) is 5.53. The van der Waals surface area contributed by atoms with Crippen molar-refractivity contribution in [3.8, 4) is 6.07 Å². The van der Waals surface area contributed by atoms with Gasteiger partial charge in [-0.1, -0.05) is 13.3 Å². The summed E-state index contributed by atoms with van der Waals surface area (Å²) in [6.45, 7) is 5.69. The van der Waals surface area contributed by atoms with Crippen molar-refractivity contribution in [3.63, 3.8) is 0 Å². The van der Waals surface area contributed by atoms with E-state index >= 15 is 0 Å². The highest BCUT2D eigenvalue weighted by atomic mass is 16.5. The molecule has 0 saturated heterocycles. The van der Waals surface area contributed by atoms with E-state index in [9.17, 15) is 14.4 Å². The van der Waals surface area contributed by atoms with Gasteiger partial charge in [-0.25, -0.2) is 0 Å². The van der Waals surface area contributed by atoms with Crippen molar-refractivity contribution in [1.29, 1.82) is 5.26 Å². The molecule has 1 aromatic rings. The Bertz CT molecular complexity index is 701. The Labute approximate surface area is 141 Å². The predicted octanol–water partition coefficient (Wildman–Crippen LogP) is 1.26. The lowest BCUT2D eigenvalue weighted by atomic mass is 9.99. The van der Waals surface area contributed by atoms with Crippen LogP contribution in [0.3, 0.4) is 0 Å². The number of nitriles is 1. The maximum absolute atomic E-state index is 11.8. The van der Waals surface area contributed by atoms with E-state index in [4.69, 9.17) is 10.00 Å². The number of H-pyrrole nitrogens is 1. The number of rotatable bonds is 8. The number of carbonyl (C=O) groups is 2. The SMILES string of the molecule is CCCCNC(=O)COC(=O)CCc1c(C)[nH]c(=O)c(C#N)c1C. The minimum atomic E-state index is -0.496. The maximum Gasteiger partial charge on any atom is 0.306 e. The zero-order valence-corrected chi connectivity index (χ0v) is 14.3. The summed E-state index contributed by atoms with van der Waals surface area (Å²) >= 11 is 0. The highest BCUT2D eigenvalue weighted by molar-refractivity contribution is 5.80. The van der Waals surface area contributed by atoms with Crippen LogP contribution in [0.1, 0.15) is 48.6 Å². The number of amides is 1. The number of unbranched alkanes of at least 4 members (excludes halogenated alkanes) is 1. The average Bonchev–Trinajstić information content (AvgIpc) is 2.53. The molecule has 0 saturated carbocycles. The fraction of sp³-hybridized carbons (Fsp3) is 0.529. The number of aryl methyl sites for hydroxylation is 1. The van der Waals surface area contributed by atoms with Crippen molar-refractivity contribution in [2.75, 3.05) is 13.2 Å². The number of nitrogens with one attached hydrogen (secondary N) is 2. The van der Waals surface area contributed by atoms with Gasteiger partial charge >= 0.3 is 5.97 Å². The van der Waals surface area contributed by atoms with Crippen LogP contribution in [0.15, 0.2) is 4.79 Å². The Balaban J connectivity index is 2.55. The molecule has 1 rings (SSSR count). The third kappa shape index (κ3) is 5.54. The molecule has 0 bridgehead atoms. The molecule has 0 atom stereocenters. The summed E-state index contributed by atoms with van der Waals surface area (Å²) in [4.78, 5) is 37.5. The van der Waals surface area contributed by atoms with Crippen molar-refractivity contribution in [2.24, 2.45) is 0 Å². The molecule has 0 aliphatic rings. The summed E-state index contributed by atoms with van der Waals surface area (Å²) in [5.41, 5.74) is 1.57. The highest BCUT2D eigenvalue weighted by Crippen LogP contribution is 2.15. The normalized spacial score (nSPS) is 10.1. The molecular weight excluding hydrogens is 310 g/mol. The molecule has 0 unspecified atom stereocenters. The van der Waals surface area contributed by atoms with E-state index in [0.717, 1.165) is 18.4 Å². The third-order valence-corrected chi connectivity index (χ3v) is 3.72. The van der Waals surface area contributed by atoms with Crippen LogP contribution in [0.2, 0.25) is 0 Å². The van der Waals surface area contributed by atoms with Gasteiger partial charge in [-0.2, -0.15) is 5.26 Å². The maximum atomic E-state index is 11.8. The molecule has 130 valence electrons. The van der Waals surface area contributed by atoms with Crippen molar-refractivity contribution in [1.82, 2.24) is 10.3 Å². The van der Waals surface area contributed by atoms with Gasteiger partial charge in [0.2, 0.25) is 0 Å². The van der Waals surface area contributed by atoms with E-state index in [1.165, 1.54) is 0 Å². The first-order chi connectivity index (χ1) is 11.4. The highest BCUT2D eigenvalue weighted by Gasteiger charge is 2.14. The smallest absolute Gasteiger partial charge is 0.306 e. The number of ether oxygens (including phenoxy) is 1. The number of esters is 1. The fourth-order valence-corrected chi connectivity index (χ4v) is 2.32. The number of aromatic amines is 1. The zero-order valence-electron chi connectivity index (χ0n) is 14.3. The largest absolute Gasteiger partial charge is 0.456 e. The van der Waals surface area contributed by atoms with E-state index in [2.05, 4.69) is 10.3 Å². The molecular formula is C17H23N3O4. The van der Waals surface area contributed by atoms with Crippen LogP contribution < -0.4 is 10.9 Å². The van der Waals surface area contributed by atoms with E-state index in [1.54, 1.807) is 13.8 Å². The van der Waals surface area contributed by atoms with Gasteiger partial charge in [0.25, 0.3) is 11.5 Å². The second kappa shape index (κ2) is 9.50. The topological polar surface area (TPSA) is 112 Å². The van der Waals surface area contributed by atoms with E-state index in [-0.39, 0.29) is 24.5 Å². The van der Waals surface area contributed by atoms with E-state index in [0.29, 0.717) is 24.2 Å². The molecule has 1 amide bonds. The van der Waals surface area contributed by atoms with Gasteiger partial charge in [-0.05, 0) is 37.8 Å². The lowest BCUT2D eigenvalue weighted by molar-refractivity contribution is -0.148. The molecule has 0 spiro atoms. The van der Waals surface area contributed by atoms with Gasteiger partial charge in [-0.15, -0.1) is 0 Å². The number of pyridine rings is 1. The predicted molar refractivity (Wildman–Crippen MR) is 88.4 cm³/mol. The molecule has 7 nitrogen and oxygen atoms in total. The van der Waals surface area contributed by atoms with Crippen LogP contribution in [0.4, 0.5) is 0 Å². The summed E-state index contributed by atoms with van der Waals surface area (Å²) in [5, 5.41) is 11.7. The molecule has 24 heavy (non-hydrogen) atoms. The van der Waals surface area contributed by atoms with Gasteiger partial charge in [0.15, 0.2) is 6.61 Å². The minimum absolute atomic E-state index is 0.0549. The van der Waals surface area contributed by atoms with Gasteiger partial charge in [0.05, 0.1) is 0 Å². The number of hydrogen-bond acceptors (Lipinski definition) is 5. The monoisotopic (exact) mass is 333 g/mol. The molecule has 1 aromatic heterocycles. The summed E-state index contributed by atoms with van der Waals surface area (Å²) in [7, 11) is 0. The first-order valence-electron chi connectivity index (χ1n) is 7.95. The molecule has 0 aliphatic heterocycles. The Kier molecular flexibility index (Phi) is 7.69. The molecule has 0 radical (unpaired) electrons. The first kappa shape index (κ1) is 19.4. The number of aromatic nitrogens is 1. The summed E-state index contributed by atoms with van der Waals surface area (Å²) in [6, 6.07) is 1.87. The molecule has 1 heterocycles. The number of hydrogen-bond donors (Lipinski definition) is 2. The summed E-state index contributed by atoms with van der Waals surface area (Å²) in [6.07, 6.45) is 2.26. The van der Waals surface area contributed by atoms with Crippen LogP contribution in [0, 0.1) is 25.2 Å². The van der Waals surface area contributed by atoms with E-state index < -0.39 is 11.5 Å². The summed E-state index contributed by atoms with van der Waals surface area (Å²) in [5.74, 6) is -0.816. The Morgan fingerprint density at radius 1 is 1.33 bits per heavy atom. The Hall–Kier alpha value is -2.62. The molecule has 0 aliphatic carbocycles. The molecule has 0 fully saturated rings. The standard InChI is InChI=1S/C17H23N3O4/c1-4-5-8-19-15(21)10-24-16(22)7-6-13-11(2)14(9-18)17(23)20-12(13)3/h4-8,10H2,1-3H3,(H,19,21)(H,20,23). The number of carbonyl (C=O) groups excluding carboxylic acids is 2. The van der Waals surface area contributed by atoms with Crippen molar-refractivity contribution < 1.29 is 14.3 Å².